The van der Waals surface area contributed by atoms with Crippen molar-refractivity contribution < 1.29 is 22.0 Å². The van der Waals surface area contributed by atoms with E-state index < -0.39 is 0 Å². The first-order chi connectivity index (χ1) is 17.0. The number of piperidine rings is 1. The molecule has 1 saturated heterocycles. The quantitative estimate of drug-likeness (QED) is 0.377. The number of nitrogens with one attached hydrogen (secondary N) is 1. The van der Waals surface area contributed by atoms with E-state index in [1.54, 1.807) is 29.7 Å². The summed E-state index contributed by atoms with van der Waals surface area (Å²) in [6, 6.07) is 6.38. The standard InChI is InChI=1S/C27H33N5O2S.ClH/c1-29-9-8-20-24(16-29)35-26-25(20)27(33)32(17-28-26)13-12-31-10-6-18(7-11-31)22-15-30(2)23-5-4-19(34-3)14-21(22)23;/h4-5,14-15,17-18H,6-13,16H2,1-3H3;1H. The number of aromatic nitrogens is 3. The van der Waals surface area contributed by atoms with E-state index in [-0.39, 0.29) is 18.0 Å². The van der Waals surface area contributed by atoms with Gasteiger partial charge in [0.2, 0.25) is 0 Å². The van der Waals surface area contributed by atoms with Crippen LogP contribution in [-0.2, 0) is 26.6 Å². The third-order valence-electron chi connectivity index (χ3n) is 8.08. The van der Waals surface area contributed by atoms with Gasteiger partial charge in [0.25, 0.3) is 5.56 Å². The molecule has 1 fully saturated rings. The molecule has 0 bridgehead atoms. The normalized spacial score (nSPS) is 20.4. The highest BCUT2D eigenvalue weighted by Crippen LogP contribution is 2.34. The largest absolute Gasteiger partial charge is 1.00 e. The van der Waals surface area contributed by atoms with E-state index in [0.717, 1.165) is 61.7 Å². The third-order valence-corrected chi connectivity index (χ3v) is 9.21. The molecule has 2 aliphatic rings. The molecule has 0 amide bonds. The lowest BCUT2D eigenvalue weighted by molar-refractivity contribution is -0.906. The van der Waals surface area contributed by atoms with Crippen LogP contribution >= 0.6 is 11.3 Å². The van der Waals surface area contributed by atoms with E-state index in [1.165, 1.54) is 39.7 Å². The zero-order valence-corrected chi connectivity index (χ0v) is 22.8. The van der Waals surface area contributed by atoms with Crippen molar-refractivity contribution in [3.63, 3.8) is 0 Å². The van der Waals surface area contributed by atoms with Gasteiger partial charge in [-0.2, -0.15) is 0 Å². The summed E-state index contributed by atoms with van der Waals surface area (Å²) in [6.45, 7) is 5.91. The van der Waals surface area contributed by atoms with Gasteiger partial charge in [-0.05, 0) is 48.7 Å². The molecular formula is C27H34ClN5O2S. The van der Waals surface area contributed by atoms with Crippen molar-refractivity contribution in [3.8, 4) is 5.75 Å². The molecule has 0 aliphatic carbocycles. The van der Waals surface area contributed by atoms with Gasteiger partial charge in [-0.25, -0.2) is 4.98 Å². The molecule has 0 spiro atoms. The number of ether oxygens (including phenoxy) is 1. The zero-order valence-electron chi connectivity index (χ0n) is 21.2. The Morgan fingerprint density at radius 2 is 2.03 bits per heavy atom. The van der Waals surface area contributed by atoms with Crippen LogP contribution in [-0.4, -0.2) is 59.4 Å². The number of benzene rings is 1. The molecular weight excluding hydrogens is 494 g/mol. The van der Waals surface area contributed by atoms with Crippen molar-refractivity contribution >= 4 is 32.5 Å². The van der Waals surface area contributed by atoms with Crippen LogP contribution in [0.2, 0.25) is 0 Å². The maximum Gasteiger partial charge on any atom is 0.262 e. The monoisotopic (exact) mass is 527 g/mol. The number of aryl methyl sites for hydroxylation is 1. The molecule has 0 saturated carbocycles. The van der Waals surface area contributed by atoms with Crippen LogP contribution < -0.4 is 27.6 Å². The first kappa shape index (κ1) is 25.3. The van der Waals surface area contributed by atoms with Crippen LogP contribution in [0.1, 0.15) is 34.8 Å². The van der Waals surface area contributed by atoms with Gasteiger partial charge in [0.15, 0.2) is 0 Å². The lowest BCUT2D eigenvalue weighted by atomic mass is 9.89. The number of rotatable bonds is 5. The summed E-state index contributed by atoms with van der Waals surface area (Å²) in [5.74, 6) is 1.49. The van der Waals surface area contributed by atoms with Gasteiger partial charge in [0.1, 0.15) is 10.6 Å². The second-order valence-corrected chi connectivity index (χ2v) is 11.4. The van der Waals surface area contributed by atoms with Crippen LogP contribution in [0.3, 0.4) is 0 Å². The van der Waals surface area contributed by atoms with E-state index >= 15 is 0 Å². The van der Waals surface area contributed by atoms with Crippen molar-refractivity contribution in [1.82, 2.24) is 19.0 Å². The molecule has 36 heavy (non-hydrogen) atoms. The molecule has 7 nitrogen and oxygen atoms in total. The van der Waals surface area contributed by atoms with Crippen LogP contribution in [0.5, 0.6) is 5.75 Å². The summed E-state index contributed by atoms with van der Waals surface area (Å²) in [6.07, 6.45) is 7.36. The summed E-state index contributed by atoms with van der Waals surface area (Å²) >= 11 is 1.69. The van der Waals surface area contributed by atoms with Crippen molar-refractivity contribution in [3.05, 3.63) is 57.1 Å². The Morgan fingerprint density at radius 1 is 1.22 bits per heavy atom. The lowest BCUT2D eigenvalue weighted by Gasteiger charge is -2.29. The molecule has 6 rings (SSSR count). The molecule has 0 atom stereocenters. The van der Waals surface area contributed by atoms with E-state index in [4.69, 9.17) is 4.74 Å². The lowest BCUT2D eigenvalue weighted by Crippen LogP contribution is -3.13. The number of methoxy groups -OCH3 is 1. The highest BCUT2D eigenvalue weighted by atomic mass is 35.5. The first-order valence-corrected chi connectivity index (χ1v) is 13.5. The Kier molecular flexibility index (Phi) is 7.14. The minimum Gasteiger partial charge on any atom is -1.00 e. The van der Waals surface area contributed by atoms with E-state index in [0.29, 0.717) is 5.92 Å². The van der Waals surface area contributed by atoms with Crippen molar-refractivity contribution in [1.29, 1.82) is 0 Å². The Morgan fingerprint density at radius 3 is 2.81 bits per heavy atom. The molecule has 4 aromatic rings. The van der Waals surface area contributed by atoms with Gasteiger partial charge >= 0.3 is 0 Å². The molecule has 1 N–H and O–H groups in total. The van der Waals surface area contributed by atoms with Crippen LogP contribution in [0, 0.1) is 0 Å². The van der Waals surface area contributed by atoms with Gasteiger partial charge in [-0.1, -0.05) is 0 Å². The second-order valence-electron chi connectivity index (χ2n) is 10.3. The average Bonchev–Trinajstić information content (AvgIpc) is 3.41. The number of likely N-dealkylation sites (N-methyl/N-ethyl adjacent to an activating group) is 1. The van der Waals surface area contributed by atoms with Crippen molar-refractivity contribution in [2.45, 2.75) is 38.3 Å². The number of hydrogen-bond acceptors (Lipinski definition) is 5. The Labute approximate surface area is 221 Å². The fourth-order valence-electron chi connectivity index (χ4n) is 6.03. The van der Waals surface area contributed by atoms with Crippen molar-refractivity contribution in [2.24, 2.45) is 7.05 Å². The second kappa shape index (κ2) is 10.2. The minimum absolute atomic E-state index is 0. The molecule has 192 valence electrons. The zero-order chi connectivity index (χ0) is 24.1. The van der Waals surface area contributed by atoms with Gasteiger partial charge in [0, 0.05) is 55.0 Å². The molecule has 1 aromatic carbocycles. The summed E-state index contributed by atoms with van der Waals surface area (Å²) in [5.41, 5.74) is 4.10. The molecule has 0 radical (unpaired) electrons. The predicted molar refractivity (Wildman–Crippen MR) is 141 cm³/mol. The van der Waals surface area contributed by atoms with E-state index in [1.807, 2.05) is 10.6 Å². The highest BCUT2D eigenvalue weighted by molar-refractivity contribution is 7.18. The Balaban J connectivity index is 0.00000267. The van der Waals surface area contributed by atoms with Crippen LogP contribution in [0.25, 0.3) is 21.1 Å². The Bertz CT molecular complexity index is 1450. The molecule has 5 heterocycles. The summed E-state index contributed by atoms with van der Waals surface area (Å²) in [7, 11) is 6.00. The van der Waals surface area contributed by atoms with Gasteiger partial charge in [0.05, 0.1) is 45.0 Å². The SMILES string of the molecule is COc1ccc2c(c1)c(C1CC[NH+](CCn3cnc4sc5c(c4c3=O)CCN(C)C5)CC1)cn2C.[Cl-]. The van der Waals surface area contributed by atoms with E-state index in [2.05, 4.69) is 46.9 Å². The maximum absolute atomic E-state index is 13.3. The summed E-state index contributed by atoms with van der Waals surface area (Å²) in [5, 5.41) is 2.19. The third kappa shape index (κ3) is 4.45. The van der Waals surface area contributed by atoms with Gasteiger partial charge < -0.3 is 31.5 Å². The first-order valence-electron chi connectivity index (χ1n) is 12.7. The van der Waals surface area contributed by atoms with Crippen LogP contribution in [0.4, 0.5) is 0 Å². The minimum atomic E-state index is 0. The summed E-state index contributed by atoms with van der Waals surface area (Å²) < 4.78 is 9.57. The number of likely N-dealkylation sites (tertiary alicyclic amines) is 1. The van der Waals surface area contributed by atoms with E-state index in [9.17, 15) is 4.79 Å². The number of quaternary nitrogens is 1. The number of halogens is 1. The molecule has 0 unspecified atom stereocenters. The predicted octanol–water partition coefficient (Wildman–Crippen LogP) is -0.587. The average molecular weight is 528 g/mol. The fourth-order valence-corrected chi connectivity index (χ4v) is 7.28. The van der Waals surface area contributed by atoms with Crippen LogP contribution in [0.15, 0.2) is 35.5 Å². The molecule has 9 heteroatoms. The number of nitrogens with zero attached hydrogens (tertiary/aromatic N) is 4. The summed E-state index contributed by atoms with van der Waals surface area (Å²) in [4.78, 5) is 24.1. The highest BCUT2D eigenvalue weighted by Gasteiger charge is 2.27. The number of hydrogen-bond donors (Lipinski definition) is 1. The van der Waals surface area contributed by atoms with Gasteiger partial charge in [-0.15, -0.1) is 11.3 Å². The van der Waals surface area contributed by atoms with Gasteiger partial charge in [-0.3, -0.25) is 9.36 Å². The van der Waals surface area contributed by atoms with Crippen molar-refractivity contribution in [2.75, 3.05) is 40.3 Å². The topological polar surface area (TPSA) is 56.7 Å². The number of fused-ring (bicyclic) bond motifs is 4. The maximum atomic E-state index is 13.3. The smallest absolute Gasteiger partial charge is 0.262 e. The molecule has 3 aromatic heterocycles. The molecule has 2 aliphatic heterocycles. The number of thiophene rings is 1. The fraction of sp³-hybridized carbons (Fsp3) is 0.481. The Hall–Kier alpha value is -2.39.